The van der Waals surface area contributed by atoms with Crippen molar-refractivity contribution >= 4 is 63.2 Å². The van der Waals surface area contributed by atoms with Gasteiger partial charge in [0.2, 0.25) is 11.0 Å². The number of hydrogen-bond acceptors (Lipinski definition) is 7. The van der Waals surface area contributed by atoms with Crippen LogP contribution in [0.15, 0.2) is 10.4 Å². The van der Waals surface area contributed by atoms with Crippen LogP contribution in [-0.4, -0.2) is 33.4 Å². The van der Waals surface area contributed by atoms with Crippen LogP contribution in [0.5, 0.6) is 0 Å². The molecule has 0 atom stereocenters. The van der Waals surface area contributed by atoms with Crippen LogP contribution in [-0.2, 0) is 4.79 Å². The molecule has 1 amide bonds. The maximum atomic E-state index is 12.0. The van der Waals surface area contributed by atoms with E-state index in [-0.39, 0.29) is 11.7 Å². The number of pyridine rings is 1. The van der Waals surface area contributed by atoms with Crippen molar-refractivity contribution in [3.8, 4) is 0 Å². The first-order chi connectivity index (χ1) is 11.0. The number of rotatable bonds is 7. The van der Waals surface area contributed by atoms with Crippen molar-refractivity contribution in [2.45, 2.75) is 24.6 Å². The van der Waals surface area contributed by atoms with Gasteiger partial charge in [-0.25, -0.2) is 4.98 Å². The van der Waals surface area contributed by atoms with Crippen LogP contribution in [0.4, 0.5) is 10.9 Å². The molecule has 0 saturated carbocycles. The topological polar surface area (TPSA) is 79.8 Å². The van der Waals surface area contributed by atoms with Crippen LogP contribution in [0.2, 0.25) is 10.0 Å². The SMILES string of the molecule is CCCNc1nnc(SCC(=O)Nc2nc(C)c(Cl)cc2Cl)s1. The minimum absolute atomic E-state index is 0.197. The zero-order valence-electron chi connectivity index (χ0n) is 12.5. The van der Waals surface area contributed by atoms with Gasteiger partial charge in [0.15, 0.2) is 10.2 Å². The summed E-state index contributed by atoms with van der Waals surface area (Å²) >= 11 is 14.7. The summed E-state index contributed by atoms with van der Waals surface area (Å²) in [5.41, 5.74) is 0.606. The number of thioether (sulfide) groups is 1. The largest absolute Gasteiger partial charge is 0.360 e. The lowest BCUT2D eigenvalue weighted by Gasteiger charge is -2.07. The third-order valence-electron chi connectivity index (χ3n) is 2.62. The standard InChI is InChI=1S/C13H15Cl2N5OS2/c1-3-4-16-12-19-20-13(23-12)22-6-10(21)18-11-9(15)5-8(14)7(2)17-11/h5H,3-4,6H2,1-2H3,(H,16,19)(H,17,18,21). The van der Waals surface area contributed by atoms with Crippen molar-refractivity contribution in [2.75, 3.05) is 22.9 Å². The predicted octanol–water partition coefficient (Wildman–Crippen LogP) is 4.10. The summed E-state index contributed by atoms with van der Waals surface area (Å²) in [5, 5.41) is 15.4. The molecule has 0 aromatic carbocycles. The molecule has 0 aliphatic carbocycles. The minimum Gasteiger partial charge on any atom is -0.360 e. The van der Waals surface area contributed by atoms with E-state index in [2.05, 4.69) is 32.7 Å². The normalized spacial score (nSPS) is 10.6. The maximum Gasteiger partial charge on any atom is 0.236 e. The molecule has 0 fully saturated rings. The van der Waals surface area contributed by atoms with Crippen molar-refractivity contribution in [3.05, 3.63) is 21.8 Å². The summed E-state index contributed by atoms with van der Waals surface area (Å²) in [7, 11) is 0. The van der Waals surface area contributed by atoms with Crippen LogP contribution >= 0.6 is 46.3 Å². The van der Waals surface area contributed by atoms with Crippen LogP contribution in [0.25, 0.3) is 0 Å². The van der Waals surface area contributed by atoms with Crippen LogP contribution in [0.1, 0.15) is 19.0 Å². The molecular weight excluding hydrogens is 377 g/mol. The zero-order chi connectivity index (χ0) is 16.8. The average molecular weight is 392 g/mol. The van der Waals surface area contributed by atoms with E-state index in [1.165, 1.54) is 23.1 Å². The molecule has 23 heavy (non-hydrogen) atoms. The summed E-state index contributed by atoms with van der Waals surface area (Å²) in [4.78, 5) is 16.2. The number of carbonyl (C=O) groups excluding carboxylic acids is 1. The molecule has 6 nitrogen and oxygen atoms in total. The van der Waals surface area contributed by atoms with Crippen molar-refractivity contribution in [3.63, 3.8) is 0 Å². The zero-order valence-corrected chi connectivity index (χ0v) is 15.7. The molecule has 2 aromatic rings. The molecule has 124 valence electrons. The third kappa shape index (κ3) is 5.49. The molecule has 2 rings (SSSR count). The molecule has 10 heteroatoms. The maximum absolute atomic E-state index is 12.0. The first kappa shape index (κ1) is 18.3. The number of anilines is 2. The molecule has 2 N–H and O–H groups in total. The molecular formula is C13H15Cl2N5OS2. The Kier molecular flexibility index (Phi) is 6.88. The van der Waals surface area contributed by atoms with E-state index in [1.54, 1.807) is 13.0 Å². The number of aryl methyl sites for hydroxylation is 1. The van der Waals surface area contributed by atoms with E-state index in [0.717, 1.165) is 22.4 Å². The molecule has 0 aliphatic heterocycles. The van der Waals surface area contributed by atoms with Gasteiger partial charge in [-0.05, 0) is 19.4 Å². The number of hydrogen-bond donors (Lipinski definition) is 2. The fourth-order valence-electron chi connectivity index (χ4n) is 1.51. The van der Waals surface area contributed by atoms with Gasteiger partial charge in [-0.2, -0.15) is 0 Å². The summed E-state index contributed by atoms with van der Waals surface area (Å²) in [6, 6.07) is 1.56. The Bertz CT molecular complexity index is 695. The highest BCUT2D eigenvalue weighted by Gasteiger charge is 2.12. The number of aromatic nitrogens is 3. The molecule has 0 radical (unpaired) electrons. The van der Waals surface area contributed by atoms with Crippen molar-refractivity contribution in [2.24, 2.45) is 0 Å². The molecule has 2 aromatic heterocycles. The third-order valence-corrected chi connectivity index (χ3v) is 5.31. The van der Waals surface area contributed by atoms with Gasteiger partial charge in [0.1, 0.15) is 0 Å². The molecule has 0 spiro atoms. The Morgan fingerprint density at radius 3 is 2.87 bits per heavy atom. The highest BCUT2D eigenvalue weighted by Crippen LogP contribution is 2.27. The van der Waals surface area contributed by atoms with E-state index in [1.807, 2.05) is 0 Å². The molecule has 0 bridgehead atoms. The summed E-state index contributed by atoms with van der Waals surface area (Å²) in [6.45, 7) is 4.67. The quantitative estimate of drug-likeness (QED) is 0.691. The van der Waals surface area contributed by atoms with E-state index in [9.17, 15) is 4.79 Å². The Morgan fingerprint density at radius 2 is 2.13 bits per heavy atom. The van der Waals surface area contributed by atoms with E-state index < -0.39 is 0 Å². The molecule has 0 unspecified atom stereocenters. The van der Waals surface area contributed by atoms with E-state index >= 15 is 0 Å². The fourth-order valence-corrected chi connectivity index (χ4v) is 3.50. The van der Waals surface area contributed by atoms with Gasteiger partial charge < -0.3 is 10.6 Å². The lowest BCUT2D eigenvalue weighted by molar-refractivity contribution is -0.113. The average Bonchev–Trinajstić information content (AvgIpc) is 2.96. The fraction of sp³-hybridized carbons (Fsp3) is 0.385. The van der Waals surface area contributed by atoms with E-state index in [0.29, 0.717) is 21.6 Å². The van der Waals surface area contributed by atoms with Crippen LogP contribution < -0.4 is 10.6 Å². The van der Waals surface area contributed by atoms with Gasteiger partial charge in [0.25, 0.3) is 0 Å². The number of amides is 1. The highest BCUT2D eigenvalue weighted by molar-refractivity contribution is 8.01. The Labute approximate surface area is 152 Å². The van der Waals surface area contributed by atoms with E-state index in [4.69, 9.17) is 23.2 Å². The number of nitrogens with one attached hydrogen (secondary N) is 2. The number of halogens is 2. The minimum atomic E-state index is -0.218. The van der Waals surface area contributed by atoms with Gasteiger partial charge in [0.05, 0.1) is 21.5 Å². The van der Waals surface area contributed by atoms with Crippen molar-refractivity contribution in [1.29, 1.82) is 0 Å². The van der Waals surface area contributed by atoms with Gasteiger partial charge in [-0.15, -0.1) is 10.2 Å². The van der Waals surface area contributed by atoms with Gasteiger partial charge >= 0.3 is 0 Å². The first-order valence-electron chi connectivity index (χ1n) is 6.82. The van der Waals surface area contributed by atoms with Crippen molar-refractivity contribution in [1.82, 2.24) is 15.2 Å². The smallest absolute Gasteiger partial charge is 0.236 e. The number of nitrogens with zero attached hydrogens (tertiary/aromatic N) is 3. The second-order valence-corrected chi connectivity index (χ2v) is 7.54. The molecule has 0 saturated heterocycles. The van der Waals surface area contributed by atoms with Gasteiger partial charge in [-0.3, -0.25) is 4.79 Å². The Balaban J connectivity index is 1.88. The molecule has 0 aliphatic rings. The van der Waals surface area contributed by atoms with Crippen molar-refractivity contribution < 1.29 is 4.79 Å². The summed E-state index contributed by atoms with van der Waals surface area (Å²) < 4.78 is 0.727. The summed E-state index contributed by atoms with van der Waals surface area (Å²) in [5.74, 6) is 0.286. The lowest BCUT2D eigenvalue weighted by Crippen LogP contribution is -2.15. The predicted molar refractivity (Wildman–Crippen MR) is 97.0 cm³/mol. The molecule has 2 heterocycles. The second-order valence-electron chi connectivity index (χ2n) is 4.52. The van der Waals surface area contributed by atoms with Gasteiger partial charge in [-0.1, -0.05) is 53.2 Å². The first-order valence-corrected chi connectivity index (χ1v) is 9.38. The Morgan fingerprint density at radius 1 is 1.35 bits per heavy atom. The monoisotopic (exact) mass is 391 g/mol. The van der Waals surface area contributed by atoms with Crippen LogP contribution in [0, 0.1) is 6.92 Å². The van der Waals surface area contributed by atoms with Crippen LogP contribution in [0.3, 0.4) is 0 Å². The summed E-state index contributed by atoms with van der Waals surface area (Å²) in [6.07, 6.45) is 1.01. The lowest BCUT2D eigenvalue weighted by atomic mass is 10.3. The Hall–Kier alpha value is -1.09. The number of carbonyl (C=O) groups is 1. The second kappa shape index (κ2) is 8.68. The van der Waals surface area contributed by atoms with Gasteiger partial charge in [0, 0.05) is 6.54 Å². The highest BCUT2D eigenvalue weighted by atomic mass is 35.5.